The van der Waals surface area contributed by atoms with Gasteiger partial charge in [0.25, 0.3) is 5.91 Å². The number of carbonyl (C=O) groups excluding carboxylic acids is 1. The fraction of sp³-hybridized carbons (Fsp3) is 0.636. The predicted molar refractivity (Wildman–Crippen MR) is 61.0 cm³/mol. The van der Waals surface area contributed by atoms with E-state index in [4.69, 9.17) is 4.74 Å². The summed E-state index contributed by atoms with van der Waals surface area (Å²) in [6.45, 7) is 3.69. The second kappa shape index (κ2) is 4.03. The van der Waals surface area contributed by atoms with Gasteiger partial charge < -0.3 is 15.0 Å². The van der Waals surface area contributed by atoms with Crippen LogP contribution >= 0.6 is 0 Å². The van der Waals surface area contributed by atoms with E-state index in [1.165, 1.54) is 0 Å². The number of aryl methyl sites for hydroxylation is 1. The van der Waals surface area contributed by atoms with Gasteiger partial charge in [0.15, 0.2) is 11.4 Å². The molecule has 3 heterocycles. The molecule has 2 aliphatic rings. The van der Waals surface area contributed by atoms with Crippen molar-refractivity contribution in [3.63, 3.8) is 0 Å². The Morgan fingerprint density at radius 2 is 2.29 bits per heavy atom. The normalized spacial score (nSPS) is 20.1. The van der Waals surface area contributed by atoms with Crippen molar-refractivity contribution in [1.29, 1.82) is 0 Å². The van der Waals surface area contributed by atoms with Crippen molar-refractivity contribution >= 4 is 5.91 Å². The minimum Gasteiger partial charge on any atom is -0.487 e. The van der Waals surface area contributed by atoms with E-state index in [1.807, 2.05) is 4.68 Å². The molecule has 0 fully saturated rings. The van der Waals surface area contributed by atoms with Crippen LogP contribution in [0.4, 0.5) is 0 Å². The highest BCUT2D eigenvalue weighted by Gasteiger charge is 2.29. The SMILES string of the molecule is CN1CCOc2c(nn3c2CNCCC3)C1=O. The molecule has 2 aliphatic heterocycles. The fourth-order valence-corrected chi connectivity index (χ4v) is 2.26. The van der Waals surface area contributed by atoms with Gasteiger partial charge in [-0.2, -0.15) is 5.10 Å². The van der Waals surface area contributed by atoms with Gasteiger partial charge in [0, 0.05) is 20.1 Å². The smallest absolute Gasteiger partial charge is 0.278 e. The Morgan fingerprint density at radius 3 is 3.18 bits per heavy atom. The molecule has 0 aliphatic carbocycles. The van der Waals surface area contributed by atoms with Gasteiger partial charge in [0.1, 0.15) is 6.61 Å². The van der Waals surface area contributed by atoms with E-state index in [-0.39, 0.29) is 5.91 Å². The molecule has 1 N–H and O–H groups in total. The van der Waals surface area contributed by atoms with Crippen molar-refractivity contribution < 1.29 is 9.53 Å². The summed E-state index contributed by atoms with van der Waals surface area (Å²) in [6.07, 6.45) is 1.03. The van der Waals surface area contributed by atoms with Gasteiger partial charge in [-0.25, -0.2) is 0 Å². The van der Waals surface area contributed by atoms with Crippen molar-refractivity contribution in [2.24, 2.45) is 0 Å². The molecule has 6 heteroatoms. The third-order valence-electron chi connectivity index (χ3n) is 3.25. The highest BCUT2D eigenvalue weighted by molar-refractivity contribution is 5.95. The molecule has 0 saturated heterocycles. The summed E-state index contributed by atoms with van der Waals surface area (Å²) in [6, 6.07) is 0. The van der Waals surface area contributed by atoms with Crippen LogP contribution in [0, 0.1) is 0 Å². The Balaban J connectivity index is 2.07. The molecule has 0 atom stereocenters. The molecular formula is C11H16N4O2. The van der Waals surface area contributed by atoms with Gasteiger partial charge in [-0.3, -0.25) is 9.48 Å². The number of hydrogen-bond acceptors (Lipinski definition) is 4. The molecule has 0 bridgehead atoms. The van der Waals surface area contributed by atoms with Gasteiger partial charge in [0.05, 0.1) is 12.2 Å². The van der Waals surface area contributed by atoms with Gasteiger partial charge in [-0.15, -0.1) is 0 Å². The molecule has 1 aromatic rings. The molecule has 17 heavy (non-hydrogen) atoms. The van der Waals surface area contributed by atoms with E-state index in [0.29, 0.717) is 24.6 Å². The standard InChI is InChI=1S/C11H16N4O2/c1-14-5-6-17-10-8-7-12-3-2-4-15(8)13-9(10)11(14)16/h12H,2-7H2,1H3. The van der Waals surface area contributed by atoms with Crippen LogP contribution in [0.15, 0.2) is 0 Å². The van der Waals surface area contributed by atoms with Gasteiger partial charge in [-0.1, -0.05) is 0 Å². The number of nitrogens with zero attached hydrogens (tertiary/aromatic N) is 3. The molecular weight excluding hydrogens is 220 g/mol. The molecule has 92 valence electrons. The Morgan fingerprint density at radius 1 is 1.41 bits per heavy atom. The van der Waals surface area contributed by atoms with E-state index < -0.39 is 0 Å². The number of rotatable bonds is 0. The van der Waals surface area contributed by atoms with Crippen LogP contribution in [0.1, 0.15) is 22.6 Å². The topological polar surface area (TPSA) is 59.4 Å². The Labute approximate surface area is 99.5 Å². The number of ether oxygens (including phenoxy) is 1. The summed E-state index contributed by atoms with van der Waals surface area (Å²) in [7, 11) is 1.78. The maximum absolute atomic E-state index is 12.1. The van der Waals surface area contributed by atoms with Gasteiger partial charge >= 0.3 is 0 Å². The van der Waals surface area contributed by atoms with Crippen molar-refractivity contribution in [3.8, 4) is 5.75 Å². The minimum atomic E-state index is -0.0435. The zero-order chi connectivity index (χ0) is 11.8. The first-order valence-electron chi connectivity index (χ1n) is 5.96. The zero-order valence-electron chi connectivity index (χ0n) is 9.90. The molecule has 1 aromatic heterocycles. The monoisotopic (exact) mass is 236 g/mol. The number of carbonyl (C=O) groups is 1. The first kappa shape index (κ1) is 10.6. The molecule has 0 radical (unpaired) electrons. The summed E-state index contributed by atoms with van der Waals surface area (Å²) in [5.74, 6) is 0.631. The summed E-state index contributed by atoms with van der Waals surface area (Å²) in [4.78, 5) is 13.7. The molecule has 1 amide bonds. The first-order valence-corrected chi connectivity index (χ1v) is 5.96. The summed E-state index contributed by atoms with van der Waals surface area (Å²) in [5.41, 5.74) is 1.46. The van der Waals surface area contributed by atoms with Crippen molar-refractivity contribution in [2.75, 3.05) is 26.7 Å². The lowest BCUT2D eigenvalue weighted by molar-refractivity contribution is 0.0789. The number of hydrogen-bond donors (Lipinski definition) is 1. The van der Waals surface area contributed by atoms with Crippen molar-refractivity contribution in [1.82, 2.24) is 20.0 Å². The number of aromatic nitrogens is 2. The van der Waals surface area contributed by atoms with E-state index in [9.17, 15) is 4.79 Å². The Hall–Kier alpha value is -1.56. The minimum absolute atomic E-state index is 0.0435. The van der Waals surface area contributed by atoms with Crippen LogP contribution in [-0.4, -0.2) is 47.3 Å². The lowest BCUT2D eigenvalue weighted by Gasteiger charge is -2.11. The molecule has 0 saturated carbocycles. The van der Waals surface area contributed by atoms with Crippen LogP contribution < -0.4 is 10.1 Å². The van der Waals surface area contributed by atoms with E-state index in [2.05, 4.69) is 10.4 Å². The number of amides is 1. The van der Waals surface area contributed by atoms with Crippen LogP contribution in [0.2, 0.25) is 0 Å². The highest BCUT2D eigenvalue weighted by Crippen LogP contribution is 2.27. The number of likely N-dealkylation sites (N-methyl/N-ethyl adjacent to an activating group) is 1. The van der Waals surface area contributed by atoms with Crippen LogP contribution in [0.25, 0.3) is 0 Å². The molecule has 0 unspecified atom stereocenters. The number of nitrogens with one attached hydrogen (secondary N) is 1. The Bertz CT molecular complexity index is 455. The lowest BCUT2D eigenvalue weighted by Crippen LogP contribution is -2.28. The maximum atomic E-state index is 12.1. The summed E-state index contributed by atoms with van der Waals surface area (Å²) in [5, 5.41) is 7.72. The molecule has 0 aromatic carbocycles. The lowest BCUT2D eigenvalue weighted by atomic mass is 10.3. The van der Waals surface area contributed by atoms with Crippen LogP contribution in [0.5, 0.6) is 5.75 Å². The van der Waals surface area contributed by atoms with E-state index in [0.717, 1.165) is 31.7 Å². The van der Waals surface area contributed by atoms with E-state index >= 15 is 0 Å². The van der Waals surface area contributed by atoms with Crippen molar-refractivity contribution in [3.05, 3.63) is 11.4 Å². The second-order valence-electron chi connectivity index (χ2n) is 4.45. The van der Waals surface area contributed by atoms with Gasteiger partial charge in [0.2, 0.25) is 0 Å². The largest absolute Gasteiger partial charge is 0.487 e. The molecule has 0 spiro atoms. The highest BCUT2D eigenvalue weighted by atomic mass is 16.5. The van der Waals surface area contributed by atoms with Crippen LogP contribution in [0.3, 0.4) is 0 Å². The fourth-order valence-electron chi connectivity index (χ4n) is 2.26. The van der Waals surface area contributed by atoms with Gasteiger partial charge in [-0.05, 0) is 13.0 Å². The maximum Gasteiger partial charge on any atom is 0.278 e. The molecule has 6 nitrogen and oxygen atoms in total. The third kappa shape index (κ3) is 1.68. The summed E-state index contributed by atoms with van der Waals surface area (Å²) >= 11 is 0. The average molecular weight is 236 g/mol. The Kier molecular flexibility index (Phi) is 2.51. The first-order chi connectivity index (χ1) is 8.27. The van der Waals surface area contributed by atoms with E-state index in [1.54, 1.807) is 11.9 Å². The number of fused-ring (bicyclic) bond motifs is 3. The zero-order valence-corrected chi connectivity index (χ0v) is 9.90. The summed E-state index contributed by atoms with van der Waals surface area (Å²) < 4.78 is 7.60. The predicted octanol–water partition coefficient (Wildman–Crippen LogP) is -0.159. The quantitative estimate of drug-likeness (QED) is 0.680. The second-order valence-corrected chi connectivity index (χ2v) is 4.45. The van der Waals surface area contributed by atoms with Crippen molar-refractivity contribution in [2.45, 2.75) is 19.5 Å². The molecule has 3 rings (SSSR count). The average Bonchev–Trinajstić information content (AvgIpc) is 2.48. The van der Waals surface area contributed by atoms with Crippen LogP contribution in [-0.2, 0) is 13.1 Å². The third-order valence-corrected chi connectivity index (χ3v) is 3.25.